The molecule has 0 radical (unpaired) electrons. The second-order valence-electron chi connectivity index (χ2n) is 6.52. The van der Waals surface area contributed by atoms with Crippen LogP contribution in [0, 0.1) is 5.92 Å². The molecular formula is C17H21N3O2S. The van der Waals surface area contributed by atoms with E-state index in [-0.39, 0.29) is 11.8 Å². The molecule has 4 rings (SSSR count). The number of carbonyl (C=O) groups is 1. The summed E-state index contributed by atoms with van der Waals surface area (Å²) in [4.78, 5) is 19.2. The largest absolute Gasteiger partial charge is 0.384 e. The summed E-state index contributed by atoms with van der Waals surface area (Å²) in [5.74, 6) is 1.10. The molecule has 5 nitrogen and oxygen atoms in total. The fourth-order valence-electron chi connectivity index (χ4n) is 3.40. The van der Waals surface area contributed by atoms with Gasteiger partial charge in [0.25, 0.3) is 5.91 Å². The third kappa shape index (κ3) is 2.93. The standard InChI is InChI=1S/C17H21N3O2S/c1-22-9-14-7-19(17(21)13-4-5-23-10-13)8-15-16(14)20(11-18-15)6-12-2-3-12/h4-5,10-12,14H,2-3,6-9H2,1H3. The molecule has 1 saturated carbocycles. The third-order valence-corrected chi connectivity index (χ3v) is 5.38. The molecular weight excluding hydrogens is 310 g/mol. The van der Waals surface area contributed by atoms with Gasteiger partial charge in [-0.2, -0.15) is 11.3 Å². The molecule has 122 valence electrons. The summed E-state index contributed by atoms with van der Waals surface area (Å²) >= 11 is 1.55. The second-order valence-corrected chi connectivity index (χ2v) is 7.30. The van der Waals surface area contributed by atoms with Crippen molar-refractivity contribution >= 4 is 17.2 Å². The molecule has 1 unspecified atom stereocenters. The molecule has 0 saturated heterocycles. The van der Waals surface area contributed by atoms with E-state index in [0.717, 1.165) is 23.7 Å². The lowest BCUT2D eigenvalue weighted by Gasteiger charge is -2.33. The normalized spacial score (nSPS) is 20.6. The maximum absolute atomic E-state index is 12.7. The minimum absolute atomic E-state index is 0.0924. The van der Waals surface area contributed by atoms with Crippen LogP contribution >= 0.6 is 11.3 Å². The number of hydrogen-bond donors (Lipinski definition) is 0. The predicted octanol–water partition coefficient (Wildman–Crippen LogP) is 2.74. The molecule has 23 heavy (non-hydrogen) atoms. The average molecular weight is 331 g/mol. The molecule has 2 aromatic heterocycles. The van der Waals surface area contributed by atoms with Gasteiger partial charge in [0, 0.05) is 37.2 Å². The lowest BCUT2D eigenvalue weighted by molar-refractivity contribution is 0.0673. The van der Waals surface area contributed by atoms with Crippen LogP contribution in [0.25, 0.3) is 0 Å². The van der Waals surface area contributed by atoms with Crippen molar-refractivity contribution in [1.82, 2.24) is 14.5 Å². The smallest absolute Gasteiger partial charge is 0.255 e. The Hall–Kier alpha value is -1.66. The Bertz CT molecular complexity index is 691. The second kappa shape index (κ2) is 6.09. The van der Waals surface area contributed by atoms with Gasteiger partial charge < -0.3 is 14.2 Å². The number of fused-ring (bicyclic) bond motifs is 1. The van der Waals surface area contributed by atoms with Crippen LogP contribution in [0.2, 0.25) is 0 Å². The Morgan fingerprint density at radius 1 is 1.48 bits per heavy atom. The van der Waals surface area contributed by atoms with Crippen LogP contribution in [-0.2, 0) is 17.8 Å². The van der Waals surface area contributed by atoms with Crippen LogP contribution in [0.4, 0.5) is 0 Å². The topological polar surface area (TPSA) is 47.4 Å². The van der Waals surface area contributed by atoms with Crippen LogP contribution in [-0.4, -0.2) is 40.6 Å². The van der Waals surface area contributed by atoms with Crippen LogP contribution in [0.3, 0.4) is 0 Å². The Morgan fingerprint density at radius 3 is 3.04 bits per heavy atom. The van der Waals surface area contributed by atoms with Crippen molar-refractivity contribution < 1.29 is 9.53 Å². The van der Waals surface area contributed by atoms with Crippen molar-refractivity contribution in [3.8, 4) is 0 Å². The van der Waals surface area contributed by atoms with Crippen LogP contribution in [0.1, 0.15) is 40.5 Å². The van der Waals surface area contributed by atoms with Crippen molar-refractivity contribution in [2.45, 2.75) is 31.8 Å². The number of imidazole rings is 1. The van der Waals surface area contributed by atoms with E-state index in [9.17, 15) is 4.79 Å². The molecule has 2 aromatic rings. The molecule has 0 N–H and O–H groups in total. The molecule has 0 aromatic carbocycles. The van der Waals surface area contributed by atoms with Gasteiger partial charge >= 0.3 is 0 Å². The lowest BCUT2D eigenvalue weighted by Crippen LogP contribution is -2.40. The summed E-state index contributed by atoms with van der Waals surface area (Å²) in [7, 11) is 1.72. The highest BCUT2D eigenvalue weighted by molar-refractivity contribution is 7.08. The molecule has 1 aliphatic heterocycles. The van der Waals surface area contributed by atoms with E-state index in [1.807, 2.05) is 28.1 Å². The number of nitrogens with zero attached hydrogens (tertiary/aromatic N) is 3. The Balaban J connectivity index is 1.60. The number of amides is 1. The maximum atomic E-state index is 12.7. The first kappa shape index (κ1) is 14.9. The summed E-state index contributed by atoms with van der Waals surface area (Å²) in [6.07, 6.45) is 4.60. The Labute approximate surface area is 139 Å². The molecule has 2 aliphatic rings. The molecule has 6 heteroatoms. The molecule has 0 spiro atoms. The van der Waals surface area contributed by atoms with Gasteiger partial charge in [-0.15, -0.1) is 0 Å². The van der Waals surface area contributed by atoms with Crippen molar-refractivity contribution in [1.29, 1.82) is 0 Å². The first-order valence-electron chi connectivity index (χ1n) is 8.10. The quantitative estimate of drug-likeness (QED) is 0.846. The molecule has 3 heterocycles. The first-order valence-corrected chi connectivity index (χ1v) is 9.05. The van der Waals surface area contributed by atoms with Gasteiger partial charge in [-0.1, -0.05) is 0 Å². The van der Waals surface area contributed by atoms with Crippen LogP contribution in [0.15, 0.2) is 23.2 Å². The van der Waals surface area contributed by atoms with E-state index in [0.29, 0.717) is 19.7 Å². The monoisotopic (exact) mass is 331 g/mol. The first-order chi connectivity index (χ1) is 11.3. The zero-order valence-corrected chi connectivity index (χ0v) is 14.1. The molecule has 1 fully saturated rings. The van der Waals surface area contributed by atoms with Gasteiger partial charge in [0.2, 0.25) is 0 Å². The number of methoxy groups -OCH3 is 1. The van der Waals surface area contributed by atoms with Gasteiger partial charge in [0.15, 0.2) is 0 Å². The average Bonchev–Trinajstić information content (AvgIpc) is 3.04. The van der Waals surface area contributed by atoms with E-state index in [2.05, 4.69) is 9.55 Å². The van der Waals surface area contributed by atoms with E-state index in [1.165, 1.54) is 18.5 Å². The van der Waals surface area contributed by atoms with Gasteiger partial charge in [-0.05, 0) is 30.2 Å². The van der Waals surface area contributed by atoms with E-state index < -0.39 is 0 Å². The highest BCUT2D eigenvalue weighted by Crippen LogP contribution is 2.34. The summed E-state index contributed by atoms with van der Waals surface area (Å²) in [5.41, 5.74) is 3.07. The predicted molar refractivity (Wildman–Crippen MR) is 88.6 cm³/mol. The van der Waals surface area contributed by atoms with E-state index in [1.54, 1.807) is 18.4 Å². The fourth-order valence-corrected chi connectivity index (χ4v) is 4.03. The van der Waals surface area contributed by atoms with Gasteiger partial charge in [0.05, 0.1) is 30.7 Å². The minimum atomic E-state index is 0.0924. The van der Waals surface area contributed by atoms with Gasteiger partial charge in [-0.3, -0.25) is 4.79 Å². The molecule has 1 aliphatic carbocycles. The van der Waals surface area contributed by atoms with E-state index in [4.69, 9.17) is 4.74 Å². The highest BCUT2D eigenvalue weighted by atomic mass is 32.1. The summed E-state index contributed by atoms with van der Waals surface area (Å²) < 4.78 is 7.72. The van der Waals surface area contributed by atoms with Gasteiger partial charge in [0.1, 0.15) is 0 Å². The number of carbonyl (C=O) groups excluding carboxylic acids is 1. The Morgan fingerprint density at radius 2 is 2.35 bits per heavy atom. The zero-order chi connectivity index (χ0) is 15.8. The Kier molecular flexibility index (Phi) is 3.95. The fraction of sp³-hybridized carbons (Fsp3) is 0.529. The maximum Gasteiger partial charge on any atom is 0.255 e. The summed E-state index contributed by atoms with van der Waals surface area (Å²) in [6, 6.07) is 1.89. The van der Waals surface area contributed by atoms with Crippen molar-refractivity contribution in [2.24, 2.45) is 5.92 Å². The van der Waals surface area contributed by atoms with Crippen LogP contribution < -0.4 is 0 Å². The summed E-state index contributed by atoms with van der Waals surface area (Å²) in [6.45, 7) is 2.98. The SMILES string of the molecule is COCC1CN(C(=O)c2ccsc2)Cc2ncn(CC3CC3)c21. The van der Waals surface area contributed by atoms with Gasteiger partial charge in [-0.25, -0.2) is 4.98 Å². The number of hydrogen-bond acceptors (Lipinski definition) is 4. The van der Waals surface area contributed by atoms with E-state index >= 15 is 0 Å². The number of aromatic nitrogens is 2. The molecule has 0 bridgehead atoms. The molecule has 1 atom stereocenters. The number of rotatable bonds is 5. The third-order valence-electron chi connectivity index (χ3n) is 4.70. The number of thiophene rings is 1. The van der Waals surface area contributed by atoms with Crippen molar-refractivity contribution in [3.63, 3.8) is 0 Å². The summed E-state index contributed by atoms with van der Waals surface area (Å²) in [5, 5.41) is 3.86. The minimum Gasteiger partial charge on any atom is -0.384 e. The zero-order valence-electron chi connectivity index (χ0n) is 13.3. The molecule has 1 amide bonds. The van der Waals surface area contributed by atoms with Crippen molar-refractivity contribution in [3.05, 3.63) is 40.1 Å². The highest BCUT2D eigenvalue weighted by Gasteiger charge is 2.33. The number of ether oxygens (including phenoxy) is 1. The van der Waals surface area contributed by atoms with Crippen molar-refractivity contribution in [2.75, 3.05) is 20.3 Å². The van der Waals surface area contributed by atoms with Crippen LogP contribution in [0.5, 0.6) is 0 Å². The lowest BCUT2D eigenvalue weighted by atomic mass is 9.98.